The maximum Gasteiger partial charge on any atom is 0.262 e. The lowest BCUT2D eigenvalue weighted by atomic mass is 9.58. The molecule has 10 atom stereocenters. The van der Waals surface area contributed by atoms with Crippen LogP contribution in [-0.4, -0.2) is 114 Å². The molecule has 4 heterocycles. The Morgan fingerprint density at radius 1 is 0.806 bits per heavy atom. The van der Waals surface area contributed by atoms with Crippen molar-refractivity contribution in [1.82, 2.24) is 15.1 Å². The van der Waals surface area contributed by atoms with E-state index in [-0.39, 0.29) is 53.0 Å². The Morgan fingerprint density at radius 2 is 1.29 bits per heavy atom. The SMILES string of the molecule is CC(C)(C)OO.CC[C@H]1C[C@@]2(CC[C@@H]1OC)Cc1ccc(C#N)cc1[C@]21N=C(N)N(CC2CCCO2)C1=O.CC[C@H]1C[C@@]2(CC[C@@H]1OC)Cc1ccc(C#N)cc1[C@]21NC(=S)N(CC2CCCO2)C1=O.NO. The van der Waals surface area contributed by atoms with Crippen LogP contribution in [0.1, 0.15) is 145 Å². The minimum atomic E-state index is -1.07. The van der Waals surface area contributed by atoms with Crippen LogP contribution in [-0.2, 0) is 57.3 Å². The normalized spacial score (nSPS) is 33.1. The summed E-state index contributed by atoms with van der Waals surface area (Å²) >= 11 is 5.76. The minimum absolute atomic E-state index is 0.00210. The number of guanidine groups is 1. The van der Waals surface area contributed by atoms with Gasteiger partial charge in [-0.05, 0) is 168 Å². The number of rotatable bonds is 8. The number of nitrogens with zero attached hydrogens (tertiary/aromatic N) is 5. The average Bonchev–Trinajstić information content (AvgIpc) is 4.26. The molecule has 4 spiro atoms. The van der Waals surface area contributed by atoms with E-state index >= 15 is 0 Å². The van der Waals surface area contributed by atoms with Gasteiger partial charge in [0, 0.05) is 38.3 Å². The first-order valence-electron chi connectivity index (χ1n) is 25.8. The van der Waals surface area contributed by atoms with Crippen LogP contribution in [0.4, 0.5) is 0 Å². The van der Waals surface area contributed by atoms with Gasteiger partial charge in [0.2, 0.25) is 0 Å². The van der Waals surface area contributed by atoms with Crippen molar-refractivity contribution in [3.05, 3.63) is 69.8 Å². The molecule has 5 fully saturated rings. The third-order valence-electron chi connectivity index (χ3n) is 17.0. The average molecular weight is 1010 g/mol. The number of nitriles is 2. The van der Waals surface area contributed by atoms with Crippen molar-refractivity contribution < 1.29 is 43.9 Å². The lowest BCUT2D eigenvalue weighted by Gasteiger charge is -2.49. The molecule has 8 aliphatic rings. The number of nitrogens with two attached hydrogens (primary N) is 2. The van der Waals surface area contributed by atoms with Crippen LogP contribution in [0, 0.1) is 45.3 Å². The molecule has 18 heteroatoms. The molecule has 0 bridgehead atoms. The summed E-state index contributed by atoms with van der Waals surface area (Å²) in [5.74, 6) is 4.49. The zero-order valence-corrected chi connectivity index (χ0v) is 44.0. The highest BCUT2D eigenvalue weighted by Gasteiger charge is 2.69. The minimum Gasteiger partial charge on any atom is -0.381 e. The summed E-state index contributed by atoms with van der Waals surface area (Å²) in [5.41, 5.74) is 8.61. The molecule has 10 rings (SSSR count). The van der Waals surface area contributed by atoms with Crippen molar-refractivity contribution in [2.75, 3.05) is 40.5 Å². The molecule has 4 aliphatic carbocycles. The molecule has 0 aromatic heterocycles. The van der Waals surface area contributed by atoms with Crippen LogP contribution in [0.15, 0.2) is 41.4 Å². The monoisotopic (exact) mass is 1010 g/mol. The first-order valence-corrected chi connectivity index (χ1v) is 26.2. The second kappa shape index (κ2) is 22.5. The van der Waals surface area contributed by atoms with Gasteiger partial charge in [-0.3, -0.25) is 24.6 Å². The number of carbonyl (C=O) groups excluding carboxylic acids is 2. The molecule has 72 heavy (non-hydrogen) atoms. The number of hydrogen-bond acceptors (Lipinski definition) is 15. The summed E-state index contributed by atoms with van der Waals surface area (Å²) in [4.78, 5) is 40.9. The van der Waals surface area contributed by atoms with E-state index in [1.165, 1.54) is 0 Å². The highest BCUT2D eigenvalue weighted by molar-refractivity contribution is 7.80. The van der Waals surface area contributed by atoms with Crippen LogP contribution >= 0.6 is 12.2 Å². The highest BCUT2D eigenvalue weighted by Crippen LogP contribution is 2.64. The molecule has 2 aromatic rings. The summed E-state index contributed by atoms with van der Waals surface area (Å²) in [6, 6.07) is 16.0. The molecular formula is C54H76N8O9S. The molecule has 0 radical (unpaired) electrons. The first kappa shape index (κ1) is 55.2. The number of amides is 2. The summed E-state index contributed by atoms with van der Waals surface area (Å²) in [5, 5.41) is 37.6. The third-order valence-corrected chi connectivity index (χ3v) is 17.4. The predicted molar refractivity (Wildman–Crippen MR) is 273 cm³/mol. The van der Waals surface area contributed by atoms with E-state index in [0.29, 0.717) is 41.2 Å². The quantitative estimate of drug-likeness (QED) is 0.103. The van der Waals surface area contributed by atoms with E-state index in [9.17, 15) is 20.1 Å². The topological polar surface area (TPSA) is 251 Å². The summed E-state index contributed by atoms with van der Waals surface area (Å²) < 4.78 is 23.3. The zero-order chi connectivity index (χ0) is 52.2. The first-order chi connectivity index (χ1) is 34.5. The van der Waals surface area contributed by atoms with Gasteiger partial charge in [-0.1, -0.05) is 38.8 Å². The third kappa shape index (κ3) is 9.80. The van der Waals surface area contributed by atoms with Crippen molar-refractivity contribution in [1.29, 1.82) is 10.5 Å². The molecule has 4 aliphatic heterocycles. The number of fused-ring (bicyclic) bond motifs is 6. The molecule has 392 valence electrons. The second-order valence-corrected chi connectivity index (χ2v) is 22.3. The fraction of sp³-hybridized carbons (Fsp3) is 0.667. The highest BCUT2D eigenvalue weighted by atomic mass is 32.1. The smallest absolute Gasteiger partial charge is 0.262 e. The fourth-order valence-electron chi connectivity index (χ4n) is 13.6. The predicted octanol–water partition coefficient (Wildman–Crippen LogP) is 6.88. The number of thiocarbonyl (C=S) groups is 1. The van der Waals surface area contributed by atoms with Gasteiger partial charge in [-0.15, -0.1) is 0 Å². The number of methoxy groups -OCH3 is 2. The standard InChI is InChI=1S/C25H32N4O3.C25H31N3O3S.C4H10O2.H3NO/c1-3-17-12-24(9-8-21(17)31-2)13-18-7-6-16(14-26)11-20(18)25(24)22(30)29(23(27)28-25)15-19-5-4-10-32-19;1-3-17-12-24(9-8-21(17)30-2)13-18-7-6-16(14-26)11-20(18)25(24)22(29)28(23(32)27-25)15-19-5-4-10-31-19;1-4(2,3)6-5;1-2/h6-7,11,17,19,21H,3-5,8-10,12-13,15H2,1-2H3,(H2,27,28);6-7,11,17,19,21H,3-5,8-10,12-13,15H2,1-2H3,(H,27,32);5H,1-3H3;2H,1H2/t2*17-,19?,21-,24-,25+;;/m00../s1. The van der Waals surface area contributed by atoms with Gasteiger partial charge < -0.3 is 35.2 Å². The maximum atomic E-state index is 14.3. The van der Waals surface area contributed by atoms with E-state index < -0.39 is 16.7 Å². The second-order valence-electron chi connectivity index (χ2n) is 21.9. The van der Waals surface area contributed by atoms with Gasteiger partial charge in [0.25, 0.3) is 11.8 Å². The van der Waals surface area contributed by atoms with Gasteiger partial charge in [0.15, 0.2) is 22.1 Å². The van der Waals surface area contributed by atoms with E-state index in [1.807, 2.05) is 36.4 Å². The molecule has 2 aromatic carbocycles. The molecule has 2 amide bonds. The van der Waals surface area contributed by atoms with E-state index in [2.05, 4.69) is 42.1 Å². The van der Waals surface area contributed by atoms with Crippen molar-refractivity contribution in [2.24, 2.45) is 39.3 Å². The van der Waals surface area contributed by atoms with Gasteiger partial charge in [0.05, 0.1) is 66.4 Å². The van der Waals surface area contributed by atoms with Crippen LogP contribution in [0.3, 0.4) is 0 Å². The Morgan fingerprint density at radius 3 is 1.78 bits per heavy atom. The Labute approximate surface area is 430 Å². The van der Waals surface area contributed by atoms with Crippen molar-refractivity contribution in [2.45, 2.75) is 166 Å². The summed E-state index contributed by atoms with van der Waals surface area (Å²) in [6.07, 6.45) is 13.2. The molecule has 2 unspecified atom stereocenters. The summed E-state index contributed by atoms with van der Waals surface area (Å²) in [7, 11) is 3.57. The lowest BCUT2D eigenvalue weighted by Crippen LogP contribution is -2.58. The number of benzene rings is 2. The summed E-state index contributed by atoms with van der Waals surface area (Å²) in [6.45, 7) is 12.1. The van der Waals surface area contributed by atoms with Crippen LogP contribution in [0.5, 0.6) is 0 Å². The van der Waals surface area contributed by atoms with Crippen molar-refractivity contribution >= 4 is 35.1 Å². The lowest BCUT2D eigenvalue weighted by molar-refractivity contribution is -0.306. The Kier molecular flexibility index (Phi) is 17.2. The van der Waals surface area contributed by atoms with E-state index in [4.69, 9.17) is 52.4 Å². The molecule has 3 saturated heterocycles. The Bertz CT molecular complexity index is 2410. The Balaban J connectivity index is 0.000000184. The van der Waals surface area contributed by atoms with Crippen LogP contribution in [0.2, 0.25) is 0 Å². The van der Waals surface area contributed by atoms with E-state index in [0.717, 1.165) is 125 Å². The van der Waals surface area contributed by atoms with Crippen molar-refractivity contribution in [3.8, 4) is 12.1 Å². The largest absolute Gasteiger partial charge is 0.381 e. The van der Waals surface area contributed by atoms with Crippen LogP contribution < -0.4 is 16.9 Å². The van der Waals surface area contributed by atoms with Gasteiger partial charge >= 0.3 is 0 Å². The molecular weight excluding hydrogens is 937 g/mol. The number of ether oxygens (including phenoxy) is 4. The Hall–Kier alpha value is -4.60. The molecule has 7 N–H and O–H groups in total. The number of nitrogens with one attached hydrogen (secondary N) is 1. The van der Waals surface area contributed by atoms with Crippen molar-refractivity contribution in [3.63, 3.8) is 0 Å². The molecule has 17 nitrogen and oxygen atoms in total. The van der Waals surface area contributed by atoms with Crippen LogP contribution in [0.25, 0.3) is 0 Å². The fourth-order valence-corrected chi connectivity index (χ4v) is 13.9. The van der Waals surface area contributed by atoms with E-state index in [1.54, 1.807) is 44.8 Å². The number of carbonyl (C=O) groups is 2. The molecule has 2 saturated carbocycles. The van der Waals surface area contributed by atoms with Gasteiger partial charge in [0.1, 0.15) is 0 Å². The number of aliphatic imine (C=N–C) groups is 1. The number of hydrogen-bond donors (Lipinski definition) is 5. The zero-order valence-electron chi connectivity index (χ0n) is 43.2. The van der Waals surface area contributed by atoms with Gasteiger partial charge in [-0.2, -0.15) is 10.5 Å². The van der Waals surface area contributed by atoms with Gasteiger partial charge in [-0.25, -0.2) is 15.8 Å². The maximum absolute atomic E-state index is 14.3.